The van der Waals surface area contributed by atoms with Gasteiger partial charge >= 0.3 is 0 Å². The van der Waals surface area contributed by atoms with Gasteiger partial charge in [-0.05, 0) is 42.3 Å². The molecule has 1 saturated carbocycles. The zero-order chi connectivity index (χ0) is 18.5. The Balaban J connectivity index is 1.34. The molecule has 144 valence electrons. The molecule has 2 aromatic rings. The van der Waals surface area contributed by atoms with E-state index in [0.717, 1.165) is 44.7 Å². The normalized spacial score (nSPS) is 18.4. The summed E-state index contributed by atoms with van der Waals surface area (Å²) in [6.45, 7) is 3.45. The van der Waals surface area contributed by atoms with Crippen molar-refractivity contribution in [3.63, 3.8) is 0 Å². The van der Waals surface area contributed by atoms with Crippen molar-refractivity contribution >= 4 is 11.6 Å². The maximum atomic E-state index is 12.2. The van der Waals surface area contributed by atoms with Crippen LogP contribution in [0.1, 0.15) is 32.1 Å². The smallest absolute Gasteiger partial charge is 0.243 e. The van der Waals surface area contributed by atoms with Crippen LogP contribution >= 0.6 is 0 Å². The minimum Gasteiger partial charge on any atom is -0.378 e. The van der Waals surface area contributed by atoms with E-state index in [4.69, 9.17) is 4.74 Å². The van der Waals surface area contributed by atoms with Gasteiger partial charge in [0, 0.05) is 30.4 Å². The SMILES string of the molecule is O=C(Cn1nnc(-c2ccc(N3CCOCC3)cc2)n1)NC1CCCCC1. The van der Waals surface area contributed by atoms with Crippen molar-refractivity contribution in [1.82, 2.24) is 25.5 Å². The van der Waals surface area contributed by atoms with Crippen LogP contribution in [0.4, 0.5) is 5.69 Å². The van der Waals surface area contributed by atoms with E-state index in [1.165, 1.54) is 29.7 Å². The molecule has 2 fully saturated rings. The molecule has 8 nitrogen and oxygen atoms in total. The number of aromatic nitrogens is 4. The fourth-order valence-corrected chi connectivity index (χ4v) is 3.72. The summed E-state index contributed by atoms with van der Waals surface area (Å²) >= 11 is 0. The number of hydrogen-bond donors (Lipinski definition) is 1. The Hall–Kier alpha value is -2.48. The van der Waals surface area contributed by atoms with E-state index in [9.17, 15) is 4.79 Å². The minimum absolute atomic E-state index is 0.0477. The van der Waals surface area contributed by atoms with Gasteiger partial charge in [0.1, 0.15) is 6.54 Å². The number of tetrazole rings is 1. The van der Waals surface area contributed by atoms with Crippen molar-refractivity contribution in [3.05, 3.63) is 24.3 Å². The van der Waals surface area contributed by atoms with Gasteiger partial charge in [-0.15, -0.1) is 10.2 Å². The van der Waals surface area contributed by atoms with Gasteiger partial charge in [0.15, 0.2) is 0 Å². The standard InChI is InChI=1S/C19H26N6O2/c26-18(20-16-4-2-1-3-5-16)14-25-22-19(21-23-25)15-6-8-17(9-7-15)24-10-12-27-13-11-24/h6-9,16H,1-5,10-14H2,(H,20,26). The van der Waals surface area contributed by atoms with E-state index in [1.807, 2.05) is 12.1 Å². The third-order valence-corrected chi connectivity index (χ3v) is 5.21. The van der Waals surface area contributed by atoms with E-state index < -0.39 is 0 Å². The van der Waals surface area contributed by atoms with E-state index in [2.05, 4.69) is 37.8 Å². The van der Waals surface area contributed by atoms with Gasteiger partial charge in [-0.25, -0.2) is 0 Å². The molecule has 1 aromatic carbocycles. The second-order valence-electron chi connectivity index (χ2n) is 7.19. The molecule has 1 saturated heterocycles. The fraction of sp³-hybridized carbons (Fsp3) is 0.579. The number of rotatable bonds is 5. The number of benzene rings is 1. The molecule has 27 heavy (non-hydrogen) atoms. The summed E-state index contributed by atoms with van der Waals surface area (Å²) in [5.74, 6) is 0.488. The molecule has 0 spiro atoms. The molecular formula is C19H26N6O2. The number of carbonyl (C=O) groups excluding carboxylic acids is 1. The van der Waals surface area contributed by atoms with Crippen LogP contribution in [0.5, 0.6) is 0 Å². The number of ether oxygens (including phenoxy) is 1. The van der Waals surface area contributed by atoms with Crippen LogP contribution in [0.15, 0.2) is 24.3 Å². The quantitative estimate of drug-likeness (QED) is 0.861. The van der Waals surface area contributed by atoms with Gasteiger partial charge < -0.3 is 15.0 Å². The third-order valence-electron chi connectivity index (χ3n) is 5.21. The first-order chi connectivity index (χ1) is 13.3. The highest BCUT2D eigenvalue weighted by Gasteiger charge is 2.17. The Bertz CT molecular complexity index is 748. The van der Waals surface area contributed by atoms with Crippen LogP contribution in [-0.4, -0.2) is 58.5 Å². The first kappa shape index (κ1) is 17.9. The summed E-state index contributed by atoms with van der Waals surface area (Å²) in [6, 6.07) is 8.42. The van der Waals surface area contributed by atoms with Crippen LogP contribution in [0.2, 0.25) is 0 Å². The second-order valence-corrected chi connectivity index (χ2v) is 7.19. The fourth-order valence-electron chi connectivity index (χ4n) is 3.72. The summed E-state index contributed by atoms with van der Waals surface area (Å²) in [5.41, 5.74) is 2.06. The lowest BCUT2D eigenvalue weighted by Crippen LogP contribution is -2.38. The van der Waals surface area contributed by atoms with Gasteiger partial charge in [0.05, 0.1) is 13.2 Å². The van der Waals surface area contributed by atoms with E-state index >= 15 is 0 Å². The highest BCUT2D eigenvalue weighted by Crippen LogP contribution is 2.21. The maximum Gasteiger partial charge on any atom is 0.243 e. The molecule has 1 aromatic heterocycles. The molecule has 0 unspecified atom stereocenters. The van der Waals surface area contributed by atoms with E-state index in [-0.39, 0.29) is 12.5 Å². The zero-order valence-electron chi connectivity index (χ0n) is 15.5. The molecule has 0 bridgehead atoms. The minimum atomic E-state index is -0.0477. The lowest BCUT2D eigenvalue weighted by Gasteiger charge is -2.28. The second kappa shape index (κ2) is 8.47. The van der Waals surface area contributed by atoms with Crippen LogP contribution in [0.3, 0.4) is 0 Å². The Labute approximate surface area is 158 Å². The lowest BCUT2D eigenvalue weighted by molar-refractivity contribution is -0.123. The van der Waals surface area contributed by atoms with Gasteiger partial charge in [0.25, 0.3) is 0 Å². The molecule has 4 rings (SSSR count). The predicted octanol–water partition coefficient (Wildman–Crippen LogP) is 1.63. The van der Waals surface area contributed by atoms with Gasteiger partial charge in [-0.2, -0.15) is 4.80 Å². The maximum absolute atomic E-state index is 12.2. The van der Waals surface area contributed by atoms with E-state index in [0.29, 0.717) is 11.9 Å². The number of nitrogens with one attached hydrogen (secondary N) is 1. The molecule has 1 amide bonds. The average molecular weight is 370 g/mol. The summed E-state index contributed by atoms with van der Waals surface area (Å²) < 4.78 is 5.39. The first-order valence-corrected chi connectivity index (χ1v) is 9.78. The highest BCUT2D eigenvalue weighted by atomic mass is 16.5. The zero-order valence-corrected chi connectivity index (χ0v) is 15.5. The van der Waals surface area contributed by atoms with Crippen molar-refractivity contribution in [2.45, 2.75) is 44.7 Å². The third kappa shape index (κ3) is 4.63. The molecule has 1 N–H and O–H groups in total. The Morgan fingerprint density at radius 1 is 1.11 bits per heavy atom. The molecule has 1 aliphatic heterocycles. The van der Waals surface area contributed by atoms with Crippen LogP contribution in [0.25, 0.3) is 11.4 Å². The summed E-state index contributed by atoms with van der Waals surface area (Å²) in [5, 5.41) is 15.6. The van der Waals surface area contributed by atoms with Gasteiger partial charge in [-0.3, -0.25) is 4.79 Å². The number of nitrogens with zero attached hydrogens (tertiary/aromatic N) is 5. The first-order valence-electron chi connectivity index (χ1n) is 9.78. The predicted molar refractivity (Wildman–Crippen MR) is 101 cm³/mol. The summed E-state index contributed by atoms with van der Waals surface area (Å²) in [4.78, 5) is 15.9. The molecule has 2 heterocycles. The number of amides is 1. The molecule has 0 radical (unpaired) electrons. The number of anilines is 1. The molecule has 1 aliphatic carbocycles. The molecular weight excluding hydrogens is 344 g/mol. The Kier molecular flexibility index (Phi) is 5.62. The van der Waals surface area contributed by atoms with Crippen LogP contribution in [0, 0.1) is 0 Å². The van der Waals surface area contributed by atoms with Crippen molar-refractivity contribution in [2.75, 3.05) is 31.2 Å². The van der Waals surface area contributed by atoms with Crippen LogP contribution in [-0.2, 0) is 16.1 Å². The van der Waals surface area contributed by atoms with Gasteiger partial charge in [-0.1, -0.05) is 19.3 Å². The van der Waals surface area contributed by atoms with Gasteiger partial charge in [0.2, 0.25) is 11.7 Å². The monoisotopic (exact) mass is 370 g/mol. The van der Waals surface area contributed by atoms with Crippen molar-refractivity contribution in [1.29, 1.82) is 0 Å². The lowest BCUT2D eigenvalue weighted by atomic mass is 9.95. The number of carbonyl (C=O) groups is 1. The number of morpholine rings is 1. The Morgan fingerprint density at radius 2 is 1.85 bits per heavy atom. The summed E-state index contributed by atoms with van der Waals surface area (Å²) in [6.07, 6.45) is 5.79. The van der Waals surface area contributed by atoms with Crippen molar-refractivity contribution in [3.8, 4) is 11.4 Å². The Morgan fingerprint density at radius 3 is 2.59 bits per heavy atom. The van der Waals surface area contributed by atoms with Crippen molar-refractivity contribution < 1.29 is 9.53 Å². The molecule has 2 aliphatic rings. The topological polar surface area (TPSA) is 85.2 Å². The summed E-state index contributed by atoms with van der Waals surface area (Å²) in [7, 11) is 0. The largest absolute Gasteiger partial charge is 0.378 e. The average Bonchev–Trinajstić information content (AvgIpc) is 3.18. The highest BCUT2D eigenvalue weighted by molar-refractivity contribution is 5.75. The van der Waals surface area contributed by atoms with E-state index in [1.54, 1.807) is 0 Å². The van der Waals surface area contributed by atoms with Crippen molar-refractivity contribution in [2.24, 2.45) is 0 Å². The molecule has 0 atom stereocenters. The molecule has 8 heteroatoms. The number of hydrogen-bond acceptors (Lipinski definition) is 6. The van der Waals surface area contributed by atoms with Crippen LogP contribution < -0.4 is 10.2 Å².